The number of nitrogens with two attached hydrogens (primary N) is 1. The highest BCUT2D eigenvalue weighted by Gasteiger charge is 2.19. The molecule has 0 heterocycles. The van der Waals surface area contributed by atoms with E-state index in [1.165, 1.54) is 6.07 Å². The van der Waals surface area contributed by atoms with Crippen molar-refractivity contribution in [2.75, 3.05) is 13.2 Å². The SMILES string of the molecule is Cc1cccc(/C(N)=N/OCCO)c1[N+](=O)[O-]. The minimum absolute atomic E-state index is 0.0136. The molecule has 7 nitrogen and oxygen atoms in total. The molecular formula is C10H13N3O4. The van der Waals surface area contributed by atoms with Gasteiger partial charge in [0.25, 0.3) is 5.69 Å². The minimum atomic E-state index is -0.515. The van der Waals surface area contributed by atoms with Crippen molar-refractivity contribution in [2.24, 2.45) is 10.9 Å². The average Bonchev–Trinajstić information content (AvgIpc) is 2.28. The number of oxime groups is 1. The Labute approximate surface area is 97.6 Å². The third-order valence-corrected chi connectivity index (χ3v) is 2.04. The van der Waals surface area contributed by atoms with Gasteiger partial charge in [0.15, 0.2) is 5.84 Å². The van der Waals surface area contributed by atoms with E-state index >= 15 is 0 Å². The van der Waals surface area contributed by atoms with Crippen LogP contribution in [0.1, 0.15) is 11.1 Å². The van der Waals surface area contributed by atoms with Crippen molar-refractivity contribution in [1.82, 2.24) is 0 Å². The number of amidine groups is 1. The first-order chi connectivity index (χ1) is 8.07. The second-order valence-electron chi connectivity index (χ2n) is 3.26. The maximum atomic E-state index is 10.9. The van der Waals surface area contributed by atoms with E-state index in [1.807, 2.05) is 0 Å². The number of aryl methyl sites for hydroxylation is 1. The number of nitro groups is 1. The van der Waals surface area contributed by atoms with Crippen LogP contribution in [0, 0.1) is 17.0 Å². The van der Waals surface area contributed by atoms with Crippen molar-refractivity contribution in [3.8, 4) is 0 Å². The Balaban J connectivity index is 3.09. The van der Waals surface area contributed by atoms with E-state index in [0.717, 1.165) is 0 Å². The van der Waals surface area contributed by atoms with Crippen LogP contribution in [0.2, 0.25) is 0 Å². The molecule has 3 N–H and O–H groups in total. The van der Waals surface area contributed by atoms with Crippen molar-refractivity contribution in [2.45, 2.75) is 6.92 Å². The van der Waals surface area contributed by atoms with Gasteiger partial charge in [0.05, 0.1) is 17.1 Å². The van der Waals surface area contributed by atoms with Crippen LogP contribution in [0.5, 0.6) is 0 Å². The summed E-state index contributed by atoms with van der Waals surface area (Å²) in [6, 6.07) is 4.75. The molecule has 0 spiro atoms. The quantitative estimate of drug-likeness (QED) is 0.256. The van der Waals surface area contributed by atoms with E-state index in [9.17, 15) is 10.1 Å². The van der Waals surface area contributed by atoms with Crippen LogP contribution in [-0.2, 0) is 4.84 Å². The van der Waals surface area contributed by atoms with E-state index in [-0.39, 0.29) is 30.3 Å². The molecule has 0 aromatic heterocycles. The average molecular weight is 239 g/mol. The lowest BCUT2D eigenvalue weighted by molar-refractivity contribution is -0.385. The lowest BCUT2D eigenvalue weighted by Gasteiger charge is -2.04. The Morgan fingerprint density at radius 2 is 2.35 bits per heavy atom. The topological polar surface area (TPSA) is 111 Å². The summed E-state index contributed by atoms with van der Waals surface area (Å²) in [5, 5.41) is 22.9. The Kier molecular flexibility index (Phi) is 4.41. The Bertz CT molecular complexity index is 445. The molecule has 0 aliphatic carbocycles. The number of nitro benzene ring substituents is 1. The van der Waals surface area contributed by atoms with Gasteiger partial charge < -0.3 is 15.7 Å². The Morgan fingerprint density at radius 1 is 1.65 bits per heavy atom. The summed E-state index contributed by atoms with van der Waals surface area (Å²) in [6.45, 7) is 1.40. The maximum absolute atomic E-state index is 10.9. The van der Waals surface area contributed by atoms with Crippen LogP contribution in [0.25, 0.3) is 0 Å². The molecule has 0 radical (unpaired) electrons. The van der Waals surface area contributed by atoms with Crippen molar-refractivity contribution < 1.29 is 14.9 Å². The summed E-state index contributed by atoms with van der Waals surface area (Å²) in [5.41, 5.74) is 6.18. The van der Waals surface area contributed by atoms with E-state index < -0.39 is 4.92 Å². The van der Waals surface area contributed by atoms with Crippen molar-refractivity contribution in [3.63, 3.8) is 0 Å². The number of aliphatic hydroxyl groups is 1. The molecule has 1 aromatic rings. The van der Waals surface area contributed by atoms with Crippen LogP contribution in [0.15, 0.2) is 23.4 Å². The van der Waals surface area contributed by atoms with E-state index in [2.05, 4.69) is 9.99 Å². The molecule has 0 saturated heterocycles. The lowest BCUT2D eigenvalue weighted by atomic mass is 10.1. The first kappa shape index (κ1) is 12.9. The first-order valence-corrected chi connectivity index (χ1v) is 4.88. The Hall–Kier alpha value is -2.15. The van der Waals surface area contributed by atoms with E-state index in [1.54, 1.807) is 19.1 Å². The molecule has 1 rings (SSSR count). The highest BCUT2D eigenvalue weighted by atomic mass is 16.6. The third kappa shape index (κ3) is 3.15. The summed E-state index contributed by atoms with van der Waals surface area (Å²) >= 11 is 0. The summed E-state index contributed by atoms with van der Waals surface area (Å²) in [7, 11) is 0. The Morgan fingerprint density at radius 3 is 2.94 bits per heavy atom. The summed E-state index contributed by atoms with van der Waals surface area (Å²) in [4.78, 5) is 15.0. The molecule has 0 bridgehead atoms. The molecule has 0 amide bonds. The molecule has 17 heavy (non-hydrogen) atoms. The highest BCUT2D eigenvalue weighted by Crippen LogP contribution is 2.22. The van der Waals surface area contributed by atoms with Gasteiger partial charge in [0.1, 0.15) is 6.61 Å². The van der Waals surface area contributed by atoms with Crippen molar-refractivity contribution >= 4 is 11.5 Å². The molecule has 92 valence electrons. The molecule has 0 unspecified atom stereocenters. The molecule has 7 heteroatoms. The second-order valence-corrected chi connectivity index (χ2v) is 3.26. The third-order valence-electron chi connectivity index (χ3n) is 2.04. The number of hydrogen-bond donors (Lipinski definition) is 2. The van der Waals surface area contributed by atoms with Crippen LogP contribution in [-0.4, -0.2) is 29.1 Å². The first-order valence-electron chi connectivity index (χ1n) is 4.88. The standard InChI is InChI=1S/C10H13N3O4/c1-7-3-2-4-8(9(7)13(15)16)10(11)12-17-6-5-14/h2-4,14H,5-6H2,1H3,(H2,11,12). The van der Waals surface area contributed by atoms with Gasteiger partial charge >= 0.3 is 0 Å². The number of para-hydroxylation sites is 1. The number of rotatable bonds is 5. The van der Waals surface area contributed by atoms with Crippen LogP contribution in [0.3, 0.4) is 0 Å². The van der Waals surface area contributed by atoms with Gasteiger partial charge in [-0.1, -0.05) is 17.3 Å². The summed E-state index contributed by atoms with van der Waals surface area (Å²) in [6.07, 6.45) is 0. The van der Waals surface area contributed by atoms with Gasteiger partial charge in [-0.05, 0) is 13.0 Å². The largest absolute Gasteiger partial charge is 0.393 e. The normalized spacial score (nSPS) is 11.3. The molecule has 0 atom stereocenters. The fourth-order valence-corrected chi connectivity index (χ4v) is 1.31. The van der Waals surface area contributed by atoms with Gasteiger partial charge in [0, 0.05) is 5.56 Å². The van der Waals surface area contributed by atoms with Crippen LogP contribution < -0.4 is 5.73 Å². The van der Waals surface area contributed by atoms with E-state index in [4.69, 9.17) is 10.8 Å². The van der Waals surface area contributed by atoms with Crippen molar-refractivity contribution in [3.05, 3.63) is 39.4 Å². The molecule has 0 aliphatic rings. The smallest absolute Gasteiger partial charge is 0.283 e. The lowest BCUT2D eigenvalue weighted by Crippen LogP contribution is -2.16. The number of benzene rings is 1. The zero-order valence-electron chi connectivity index (χ0n) is 9.29. The molecule has 0 fully saturated rings. The van der Waals surface area contributed by atoms with Crippen LogP contribution in [0.4, 0.5) is 5.69 Å². The van der Waals surface area contributed by atoms with Gasteiger partial charge in [-0.3, -0.25) is 10.1 Å². The highest BCUT2D eigenvalue weighted by molar-refractivity contribution is 6.01. The molecule has 0 saturated carbocycles. The predicted molar refractivity (Wildman–Crippen MR) is 61.6 cm³/mol. The molecule has 1 aromatic carbocycles. The predicted octanol–water partition coefficient (Wildman–Crippen LogP) is 0.532. The van der Waals surface area contributed by atoms with Gasteiger partial charge in [0.2, 0.25) is 0 Å². The zero-order chi connectivity index (χ0) is 12.8. The number of nitrogens with zero attached hydrogens (tertiary/aromatic N) is 2. The van der Waals surface area contributed by atoms with Gasteiger partial charge in [-0.25, -0.2) is 0 Å². The fourth-order valence-electron chi connectivity index (χ4n) is 1.31. The fraction of sp³-hybridized carbons (Fsp3) is 0.300. The van der Waals surface area contributed by atoms with Crippen molar-refractivity contribution in [1.29, 1.82) is 0 Å². The second kappa shape index (κ2) is 5.80. The number of hydrogen-bond acceptors (Lipinski definition) is 5. The summed E-state index contributed by atoms with van der Waals surface area (Å²) < 4.78 is 0. The molecule has 0 aliphatic heterocycles. The van der Waals surface area contributed by atoms with Gasteiger partial charge in [-0.15, -0.1) is 0 Å². The van der Waals surface area contributed by atoms with E-state index in [0.29, 0.717) is 5.56 Å². The monoisotopic (exact) mass is 239 g/mol. The molecular weight excluding hydrogens is 226 g/mol. The summed E-state index contributed by atoms with van der Waals surface area (Å²) in [5.74, 6) is -0.0890. The maximum Gasteiger partial charge on any atom is 0.283 e. The zero-order valence-corrected chi connectivity index (χ0v) is 9.29. The van der Waals surface area contributed by atoms with Crippen LogP contribution >= 0.6 is 0 Å². The number of aliphatic hydroxyl groups excluding tert-OH is 1. The van der Waals surface area contributed by atoms with Gasteiger partial charge in [-0.2, -0.15) is 0 Å². The minimum Gasteiger partial charge on any atom is -0.393 e.